The van der Waals surface area contributed by atoms with Gasteiger partial charge in [0.25, 0.3) is 0 Å². The minimum absolute atomic E-state index is 0.202. The molecule has 0 aliphatic heterocycles. The van der Waals surface area contributed by atoms with Gasteiger partial charge < -0.3 is 11.1 Å². The first-order chi connectivity index (χ1) is 6.52. The van der Waals surface area contributed by atoms with Crippen LogP contribution in [0.25, 0.3) is 0 Å². The van der Waals surface area contributed by atoms with Crippen LogP contribution in [0.4, 0.5) is 14.5 Å². The Kier molecular flexibility index (Phi) is 3.14. The number of amides is 1. The largest absolute Gasteiger partial charge is 0.322 e. The van der Waals surface area contributed by atoms with Gasteiger partial charge in [-0.3, -0.25) is 4.79 Å². The molecule has 0 saturated heterocycles. The maximum Gasteiger partial charge on any atom is 0.241 e. The van der Waals surface area contributed by atoms with Gasteiger partial charge in [0, 0.05) is 0 Å². The van der Waals surface area contributed by atoms with E-state index in [1.807, 2.05) is 0 Å². The topological polar surface area (TPSA) is 55.1 Å². The maximum atomic E-state index is 13.0. The van der Waals surface area contributed by atoms with Gasteiger partial charge in [0.2, 0.25) is 5.91 Å². The number of rotatable bonds is 2. The lowest BCUT2D eigenvalue weighted by molar-refractivity contribution is -0.117. The number of halogens is 2. The quantitative estimate of drug-likeness (QED) is 0.754. The summed E-state index contributed by atoms with van der Waals surface area (Å²) in [7, 11) is 0. The first-order valence-electron chi connectivity index (χ1n) is 4.03. The van der Waals surface area contributed by atoms with Crippen LogP contribution in [0.5, 0.6) is 0 Å². The van der Waals surface area contributed by atoms with Crippen molar-refractivity contribution in [3.63, 3.8) is 0 Å². The van der Waals surface area contributed by atoms with Gasteiger partial charge in [-0.05, 0) is 19.1 Å². The van der Waals surface area contributed by atoms with Crippen molar-refractivity contribution in [1.29, 1.82) is 0 Å². The predicted octanol–water partition coefficient (Wildman–Crippen LogP) is 1.25. The van der Waals surface area contributed by atoms with Crippen LogP contribution in [-0.2, 0) is 4.79 Å². The third-order valence-electron chi connectivity index (χ3n) is 1.62. The summed E-state index contributed by atoms with van der Waals surface area (Å²) in [5.74, 6) is -2.65. The Bertz CT molecular complexity index is 353. The lowest BCUT2D eigenvalue weighted by Crippen LogP contribution is -2.32. The molecule has 0 radical (unpaired) electrons. The first kappa shape index (κ1) is 10.6. The van der Waals surface area contributed by atoms with Crippen LogP contribution in [0.2, 0.25) is 0 Å². The number of hydrogen-bond acceptors (Lipinski definition) is 2. The Hall–Kier alpha value is -1.49. The fourth-order valence-corrected chi connectivity index (χ4v) is 0.847. The third-order valence-corrected chi connectivity index (χ3v) is 1.62. The van der Waals surface area contributed by atoms with Crippen LogP contribution in [0.15, 0.2) is 18.2 Å². The Morgan fingerprint density at radius 2 is 2.14 bits per heavy atom. The summed E-state index contributed by atoms with van der Waals surface area (Å²) >= 11 is 0. The van der Waals surface area contributed by atoms with E-state index in [2.05, 4.69) is 5.32 Å². The zero-order chi connectivity index (χ0) is 10.7. The second-order valence-corrected chi connectivity index (χ2v) is 2.88. The maximum absolute atomic E-state index is 13.0. The number of carbonyl (C=O) groups excluding carboxylic acids is 1. The van der Waals surface area contributed by atoms with Gasteiger partial charge in [0.05, 0.1) is 11.7 Å². The second kappa shape index (κ2) is 4.15. The molecule has 14 heavy (non-hydrogen) atoms. The predicted molar refractivity (Wildman–Crippen MR) is 48.6 cm³/mol. The normalized spacial score (nSPS) is 12.3. The molecule has 0 spiro atoms. The van der Waals surface area contributed by atoms with E-state index in [-0.39, 0.29) is 5.69 Å². The summed E-state index contributed by atoms with van der Waals surface area (Å²) in [4.78, 5) is 11.1. The summed E-state index contributed by atoms with van der Waals surface area (Å²) in [6.45, 7) is 1.45. The van der Waals surface area contributed by atoms with E-state index >= 15 is 0 Å². The molecule has 1 aromatic carbocycles. The van der Waals surface area contributed by atoms with Gasteiger partial charge >= 0.3 is 0 Å². The first-order valence-corrected chi connectivity index (χ1v) is 4.03. The zero-order valence-electron chi connectivity index (χ0n) is 7.55. The van der Waals surface area contributed by atoms with Crippen molar-refractivity contribution in [2.24, 2.45) is 5.73 Å². The molecule has 1 aromatic rings. The van der Waals surface area contributed by atoms with Crippen LogP contribution in [-0.4, -0.2) is 11.9 Å². The molecule has 1 atom stereocenters. The van der Waals surface area contributed by atoms with Crippen molar-refractivity contribution >= 4 is 11.6 Å². The molecule has 1 rings (SSSR count). The molecule has 0 aromatic heterocycles. The van der Waals surface area contributed by atoms with Gasteiger partial charge in [-0.2, -0.15) is 0 Å². The molecular weight excluding hydrogens is 190 g/mol. The fraction of sp³-hybridized carbons (Fsp3) is 0.222. The summed E-state index contributed by atoms with van der Waals surface area (Å²) < 4.78 is 25.7. The number of nitrogens with two attached hydrogens (primary N) is 1. The SMILES string of the molecule is C[C@H](N)C(=O)Nc1cccc(F)c1F. The molecule has 5 heteroatoms. The van der Waals surface area contributed by atoms with Crippen molar-refractivity contribution in [2.75, 3.05) is 5.32 Å². The van der Waals surface area contributed by atoms with E-state index in [9.17, 15) is 13.6 Å². The second-order valence-electron chi connectivity index (χ2n) is 2.88. The van der Waals surface area contributed by atoms with E-state index in [4.69, 9.17) is 5.73 Å². The lowest BCUT2D eigenvalue weighted by Gasteiger charge is -2.08. The fourth-order valence-electron chi connectivity index (χ4n) is 0.847. The van der Waals surface area contributed by atoms with Crippen LogP contribution >= 0.6 is 0 Å². The number of hydrogen-bond donors (Lipinski definition) is 2. The highest BCUT2D eigenvalue weighted by Crippen LogP contribution is 2.16. The molecule has 0 saturated carbocycles. The average Bonchev–Trinajstić information content (AvgIpc) is 2.12. The molecule has 3 N–H and O–H groups in total. The van der Waals surface area contributed by atoms with Gasteiger partial charge in [0.1, 0.15) is 0 Å². The van der Waals surface area contributed by atoms with E-state index in [0.29, 0.717) is 0 Å². The van der Waals surface area contributed by atoms with Gasteiger partial charge in [-0.25, -0.2) is 8.78 Å². The Morgan fingerprint density at radius 1 is 1.50 bits per heavy atom. The molecule has 0 bridgehead atoms. The molecule has 3 nitrogen and oxygen atoms in total. The summed E-state index contributed by atoms with van der Waals surface area (Å²) in [6.07, 6.45) is 0. The summed E-state index contributed by atoms with van der Waals surface area (Å²) in [5, 5.41) is 2.17. The van der Waals surface area contributed by atoms with Gasteiger partial charge in [0.15, 0.2) is 11.6 Å². The standard InChI is InChI=1S/C9H10F2N2O/c1-5(12)9(14)13-7-4-2-3-6(10)8(7)11/h2-5H,12H2,1H3,(H,13,14)/t5-/m0/s1. The highest BCUT2D eigenvalue weighted by molar-refractivity contribution is 5.94. The van der Waals surface area contributed by atoms with E-state index in [1.54, 1.807) is 0 Å². The number of anilines is 1. The van der Waals surface area contributed by atoms with Crippen LogP contribution in [0, 0.1) is 11.6 Å². The van der Waals surface area contributed by atoms with E-state index in [0.717, 1.165) is 6.07 Å². The van der Waals surface area contributed by atoms with Crippen molar-refractivity contribution in [3.05, 3.63) is 29.8 Å². The molecule has 1 amide bonds. The molecule has 0 fully saturated rings. The lowest BCUT2D eigenvalue weighted by atomic mass is 10.2. The van der Waals surface area contributed by atoms with E-state index < -0.39 is 23.6 Å². The third kappa shape index (κ3) is 2.26. The Morgan fingerprint density at radius 3 is 2.71 bits per heavy atom. The van der Waals surface area contributed by atoms with Crippen LogP contribution < -0.4 is 11.1 Å². The van der Waals surface area contributed by atoms with Gasteiger partial charge in [-0.1, -0.05) is 6.07 Å². The molecule has 0 unspecified atom stereocenters. The molecule has 0 aliphatic rings. The molecule has 0 heterocycles. The number of carbonyl (C=O) groups is 1. The van der Waals surface area contributed by atoms with Crippen molar-refractivity contribution < 1.29 is 13.6 Å². The minimum atomic E-state index is -1.08. The van der Waals surface area contributed by atoms with Crippen molar-refractivity contribution in [1.82, 2.24) is 0 Å². The van der Waals surface area contributed by atoms with Crippen molar-refractivity contribution in [3.8, 4) is 0 Å². The zero-order valence-corrected chi connectivity index (χ0v) is 7.55. The Labute approximate surface area is 79.9 Å². The molecule has 0 aliphatic carbocycles. The number of nitrogens with one attached hydrogen (secondary N) is 1. The Balaban J connectivity index is 2.87. The van der Waals surface area contributed by atoms with Gasteiger partial charge in [-0.15, -0.1) is 0 Å². The average molecular weight is 200 g/mol. The molecule has 76 valence electrons. The highest BCUT2D eigenvalue weighted by atomic mass is 19.2. The molecular formula is C9H10F2N2O. The minimum Gasteiger partial charge on any atom is -0.322 e. The smallest absolute Gasteiger partial charge is 0.241 e. The van der Waals surface area contributed by atoms with Crippen LogP contribution in [0.1, 0.15) is 6.92 Å². The van der Waals surface area contributed by atoms with Crippen molar-refractivity contribution in [2.45, 2.75) is 13.0 Å². The monoisotopic (exact) mass is 200 g/mol. The highest BCUT2D eigenvalue weighted by Gasteiger charge is 2.12. The van der Waals surface area contributed by atoms with Crippen LogP contribution in [0.3, 0.4) is 0 Å². The van der Waals surface area contributed by atoms with E-state index in [1.165, 1.54) is 19.1 Å². The summed E-state index contributed by atoms with van der Waals surface area (Å²) in [6, 6.07) is 2.77. The summed E-state index contributed by atoms with van der Waals surface area (Å²) in [5.41, 5.74) is 5.04. The number of benzene rings is 1.